The summed E-state index contributed by atoms with van der Waals surface area (Å²) >= 11 is 1.84. The minimum absolute atomic E-state index is 0.0317. The monoisotopic (exact) mass is 1910 g/mol. The molecule has 132 heavy (non-hydrogen) atoms. The number of aliphatic hydroxyl groups excluding tert-OH is 9. The number of ether oxygens (including phenoxy) is 12. The number of aliphatic hydroxyl groups is 9. The zero-order valence-corrected chi connectivity index (χ0v) is 76.8. The highest BCUT2D eigenvalue weighted by atomic mass is 32.2. The third-order valence-electron chi connectivity index (χ3n) is 21.5. The lowest BCUT2D eigenvalue weighted by atomic mass is 9.97. The molecule has 0 aromatic rings. The highest BCUT2D eigenvalue weighted by Gasteiger charge is 2.49. The van der Waals surface area contributed by atoms with Crippen LogP contribution in [0.15, 0.2) is 0 Å². The summed E-state index contributed by atoms with van der Waals surface area (Å²) in [6.45, 7) is 2.92. The van der Waals surface area contributed by atoms with Crippen LogP contribution in [0.1, 0.15) is 156 Å². The van der Waals surface area contributed by atoms with Gasteiger partial charge in [-0.1, -0.05) is 6.42 Å². The van der Waals surface area contributed by atoms with Crippen molar-refractivity contribution < 1.29 is 165 Å². The average Bonchev–Trinajstić information content (AvgIpc) is 1.38. The smallest absolute Gasteiger partial charge is 0.315 e. The van der Waals surface area contributed by atoms with Crippen LogP contribution in [-0.2, 0) is 114 Å². The topological polar surface area (TPSA) is 683 Å². The molecular weight excluding hydrogens is 1770 g/mol. The summed E-state index contributed by atoms with van der Waals surface area (Å²) in [6, 6.07) is -3.17. The van der Waals surface area contributed by atoms with E-state index in [-0.39, 0.29) is 231 Å². The van der Waals surface area contributed by atoms with E-state index in [1.165, 1.54) is 20.8 Å². The molecule has 0 aromatic carbocycles. The summed E-state index contributed by atoms with van der Waals surface area (Å²) in [5.74, 6) is -3.84. The van der Waals surface area contributed by atoms with Gasteiger partial charge in [-0.2, -0.15) is 11.8 Å². The summed E-state index contributed by atoms with van der Waals surface area (Å²) < 4.78 is 68.8. The lowest BCUT2D eigenvalue weighted by Crippen LogP contribution is -2.64. The van der Waals surface area contributed by atoms with Crippen LogP contribution < -0.4 is 74.4 Å². The molecule has 0 aromatic heterocycles. The van der Waals surface area contributed by atoms with Gasteiger partial charge in [-0.15, -0.1) is 0 Å². The second kappa shape index (κ2) is 66.8. The van der Waals surface area contributed by atoms with Gasteiger partial charge in [0.05, 0.1) is 111 Å². The van der Waals surface area contributed by atoms with Gasteiger partial charge in [0.15, 0.2) is 18.9 Å². The van der Waals surface area contributed by atoms with Crippen molar-refractivity contribution in [3.8, 4) is 0 Å². The van der Waals surface area contributed by atoms with Crippen LogP contribution in [0.3, 0.4) is 0 Å². The number of nitrogens with one attached hydrogen (secondary N) is 14. The maximum Gasteiger partial charge on any atom is 0.315 e. The SMILES string of the molecule is CC(=O)N[C@H]1[C@H](OCCCCC(=O)NCCCNC(=O)CCOCC(COCCC(=O)NCCCNC(=O)CCCCO[C@@H]2O[C@H](CO)[C@H](O)[C@H](O)[C@H]2NC(C)=O)(COCCC(=O)NCCCNC(=O)CCCCO[C@@H]2O[C@H](CO)[C@H](O)[C@H](O)[C@H]2NC(C)=O)NC(=O)CCNC(=O)CCOCCOCCOCCNC(=O)CCCC[C@@H]2SC[C@@H]3NC(=O)N[C@@H]32)O[C@H](CO)[C@H](O)[C@@H]1O. The highest BCUT2D eigenvalue weighted by Crippen LogP contribution is 2.34. The number of fused-ring (bicyclic) bond motifs is 1. The molecule has 48 nitrogen and oxygen atoms in total. The first-order chi connectivity index (χ1) is 63.5. The van der Waals surface area contributed by atoms with E-state index in [4.69, 9.17) is 56.8 Å². The fourth-order valence-corrected chi connectivity index (χ4v) is 15.9. The van der Waals surface area contributed by atoms with Crippen molar-refractivity contribution in [3.05, 3.63) is 0 Å². The quantitative estimate of drug-likeness (QED) is 0.0199. The number of thioether (sulfide) groups is 1. The van der Waals surface area contributed by atoms with Crippen LogP contribution in [0.25, 0.3) is 0 Å². The number of carbonyl (C=O) groups is 13. The maximum atomic E-state index is 14.0. The molecule has 0 saturated carbocycles. The van der Waals surface area contributed by atoms with Gasteiger partial charge in [-0.3, -0.25) is 57.5 Å². The van der Waals surface area contributed by atoms with E-state index in [0.717, 1.165) is 25.0 Å². The summed E-state index contributed by atoms with van der Waals surface area (Å²) in [7, 11) is 0. The number of hydrogen-bond donors (Lipinski definition) is 23. The van der Waals surface area contributed by atoms with Crippen LogP contribution in [0.5, 0.6) is 0 Å². The number of rotatable bonds is 72. The van der Waals surface area contributed by atoms with Crippen molar-refractivity contribution in [2.45, 2.75) is 270 Å². The fourth-order valence-electron chi connectivity index (χ4n) is 14.4. The van der Waals surface area contributed by atoms with E-state index >= 15 is 0 Å². The van der Waals surface area contributed by atoms with E-state index in [9.17, 15) is 108 Å². The summed E-state index contributed by atoms with van der Waals surface area (Å²) in [6.07, 6.45) is -10.1. The van der Waals surface area contributed by atoms with Crippen LogP contribution in [0.4, 0.5) is 4.79 Å². The van der Waals surface area contributed by atoms with Crippen LogP contribution in [-0.4, -0.2) is 415 Å². The van der Waals surface area contributed by atoms with E-state index < -0.39 is 165 Å². The molecule has 49 heteroatoms. The Labute approximate surface area is 772 Å². The fraction of sp³-hybridized carbons (Fsp3) is 0.843. The van der Waals surface area contributed by atoms with Gasteiger partial charge in [0, 0.05) is 162 Å². The Morgan fingerprint density at radius 2 is 0.659 bits per heavy atom. The van der Waals surface area contributed by atoms with Crippen molar-refractivity contribution in [2.24, 2.45) is 0 Å². The minimum atomic E-state index is -1.57. The zero-order chi connectivity index (χ0) is 96.4. The van der Waals surface area contributed by atoms with Gasteiger partial charge in [-0.05, 0) is 70.6 Å². The normalized spacial score (nSPS) is 24.4. The second-order valence-electron chi connectivity index (χ2n) is 32.6. The van der Waals surface area contributed by atoms with Crippen LogP contribution >= 0.6 is 11.8 Å². The molecule has 5 fully saturated rings. The van der Waals surface area contributed by atoms with Gasteiger partial charge in [-0.25, -0.2) is 4.79 Å². The van der Waals surface area contributed by atoms with Gasteiger partial charge in [0.25, 0.3) is 0 Å². The molecule has 0 aliphatic carbocycles. The van der Waals surface area contributed by atoms with E-state index in [0.29, 0.717) is 82.6 Å². The molecule has 0 bridgehead atoms. The molecule has 14 amide bonds. The molecule has 0 spiro atoms. The Balaban J connectivity index is 1.09. The van der Waals surface area contributed by atoms with Crippen LogP contribution in [0.2, 0.25) is 0 Å². The standard InChI is InChI=1S/C83H146N14O34S/c1-52(101)92-70-76(116)73(113)56(45-98)129-79(70)126-33-9-6-17-60(104)84-25-12-28-87-64(108)22-37-123-49-83(50-124-38-23-65(109)88-29-13-26-85-61(105)18-7-10-34-127-80-71(93-53(2)102)77(117)74(114)57(46-99)130-80,51-125-39-24-66(110)89-30-14-27-86-62(106)19-8-11-35-128-81-72(94-54(3)103)78(118)75(115)58(47-100)131-81)97-68(112)20-31-90-67(111)21-36-120-41-43-122-44-42-121-40-32-91-63(107)16-5-4-15-59-69-55(48-132-59)95-82(119)96-69/h55-59,69-81,98-100,113-118H,4-51H2,1-3H3,(H,84,104)(H,85,105)(H,86,106)(H,87,108)(H,88,109)(H,89,110)(H,90,111)(H,91,107)(H,92,101)(H,93,102)(H,94,103)(H,97,112)(H2,95,96,119)/t55-,56+,57+,58+,59-,69-,70+,71+,72+,73-,74-,75-,76+,77+,78+,79+,80+,81+/m0/s1. The zero-order valence-electron chi connectivity index (χ0n) is 76.0. The molecule has 5 saturated heterocycles. The number of amides is 14. The molecule has 5 aliphatic rings. The Kier molecular flexibility index (Phi) is 58.1. The molecule has 758 valence electrons. The molecule has 0 unspecified atom stereocenters. The summed E-state index contributed by atoms with van der Waals surface area (Å²) in [5.41, 5.74) is -1.57. The van der Waals surface area contributed by atoms with Gasteiger partial charge < -0.3 is 177 Å². The van der Waals surface area contributed by atoms with Crippen molar-refractivity contribution in [1.82, 2.24) is 74.4 Å². The van der Waals surface area contributed by atoms with Crippen molar-refractivity contribution >= 4 is 88.7 Å². The van der Waals surface area contributed by atoms with E-state index in [1.807, 2.05) is 11.8 Å². The molecule has 18 atom stereocenters. The molecule has 5 rings (SSSR count). The predicted octanol–water partition coefficient (Wildman–Crippen LogP) is -7.89. The van der Waals surface area contributed by atoms with Crippen molar-refractivity contribution in [1.29, 1.82) is 0 Å². The maximum absolute atomic E-state index is 14.0. The average molecular weight is 1920 g/mol. The first-order valence-corrected chi connectivity index (χ1v) is 46.6. The first-order valence-electron chi connectivity index (χ1n) is 45.6. The lowest BCUT2D eigenvalue weighted by molar-refractivity contribution is -0.270. The second-order valence-corrected chi connectivity index (χ2v) is 33.9. The van der Waals surface area contributed by atoms with Crippen molar-refractivity contribution in [2.75, 3.05) is 177 Å². The Morgan fingerprint density at radius 3 is 1.01 bits per heavy atom. The van der Waals surface area contributed by atoms with E-state index in [1.54, 1.807) is 0 Å². The molecule has 0 radical (unpaired) electrons. The van der Waals surface area contributed by atoms with Crippen LogP contribution in [0, 0.1) is 0 Å². The van der Waals surface area contributed by atoms with Crippen molar-refractivity contribution in [3.63, 3.8) is 0 Å². The molecule has 23 N–H and O–H groups in total. The number of hydrogen-bond acceptors (Lipinski definition) is 35. The molecule has 5 heterocycles. The number of unbranched alkanes of at least 4 members (excludes halogenated alkanes) is 4. The first kappa shape index (κ1) is 115. The lowest BCUT2D eigenvalue weighted by Gasteiger charge is -2.42. The highest BCUT2D eigenvalue weighted by molar-refractivity contribution is 8.00. The Hall–Kier alpha value is -7.58. The number of carbonyl (C=O) groups excluding carboxylic acids is 13. The van der Waals surface area contributed by atoms with Gasteiger partial charge >= 0.3 is 6.03 Å². The predicted molar refractivity (Wildman–Crippen MR) is 466 cm³/mol. The Morgan fingerprint density at radius 1 is 0.348 bits per heavy atom. The third-order valence-corrected chi connectivity index (χ3v) is 23.0. The Bertz CT molecular complexity index is 3170. The van der Waals surface area contributed by atoms with Gasteiger partial charge in [0.1, 0.15) is 78.6 Å². The van der Waals surface area contributed by atoms with Gasteiger partial charge in [0.2, 0.25) is 70.9 Å². The summed E-state index contributed by atoms with van der Waals surface area (Å²) in [4.78, 5) is 164. The summed E-state index contributed by atoms with van der Waals surface area (Å²) in [5, 5.41) is 130. The largest absolute Gasteiger partial charge is 0.394 e. The minimum Gasteiger partial charge on any atom is -0.394 e. The van der Waals surface area contributed by atoms with E-state index in [2.05, 4.69) is 74.4 Å². The molecular formula is C83H146N14O34S. The number of urea groups is 1. The molecule has 5 aliphatic heterocycles. The third kappa shape index (κ3) is 46.8.